The van der Waals surface area contributed by atoms with Crippen LogP contribution in [0.25, 0.3) is 0 Å². The monoisotopic (exact) mass is 208 g/mol. The van der Waals surface area contributed by atoms with E-state index in [-0.39, 0.29) is 5.69 Å². The van der Waals surface area contributed by atoms with Crippen LogP contribution in [0.5, 0.6) is 0 Å². The first-order valence-electron chi connectivity index (χ1n) is 5.13. The first-order chi connectivity index (χ1) is 7.22. The number of carboxylic acid groups (broad SMARTS) is 1. The molecule has 1 aromatic heterocycles. The summed E-state index contributed by atoms with van der Waals surface area (Å²) in [5.41, 5.74) is -0.00523. The van der Waals surface area contributed by atoms with E-state index in [0.717, 1.165) is 24.9 Å². The second-order valence-corrected chi connectivity index (χ2v) is 4.43. The van der Waals surface area contributed by atoms with Crippen LogP contribution in [0.3, 0.4) is 0 Å². The maximum Gasteiger partial charge on any atom is 0.358 e. The Bertz CT molecular complexity index is 391. The molecule has 0 radical (unpaired) electrons. The van der Waals surface area contributed by atoms with Crippen LogP contribution in [-0.4, -0.2) is 34.2 Å². The topological polar surface area (TPSA) is 66.6 Å². The Labute approximate surface area is 86.7 Å². The van der Waals surface area contributed by atoms with E-state index >= 15 is 0 Å². The third kappa shape index (κ3) is 1.63. The minimum Gasteiger partial charge on any atom is -0.476 e. The van der Waals surface area contributed by atoms with Gasteiger partial charge in [0.05, 0.1) is 6.54 Å². The van der Waals surface area contributed by atoms with Gasteiger partial charge in [0.2, 0.25) is 0 Å². The van der Waals surface area contributed by atoms with Gasteiger partial charge >= 0.3 is 5.97 Å². The van der Waals surface area contributed by atoms with E-state index in [1.54, 1.807) is 0 Å². The lowest BCUT2D eigenvalue weighted by molar-refractivity contribution is 0.0685. The van der Waals surface area contributed by atoms with Gasteiger partial charge in [-0.15, -0.1) is 0 Å². The van der Waals surface area contributed by atoms with Crippen LogP contribution in [0, 0.1) is 11.8 Å². The van der Waals surface area contributed by atoms with E-state index in [1.165, 1.54) is 12.5 Å². The van der Waals surface area contributed by atoms with Crippen molar-refractivity contribution in [3.8, 4) is 0 Å². The summed E-state index contributed by atoms with van der Waals surface area (Å²) in [7, 11) is 0. The molecule has 1 saturated carbocycles. The van der Waals surface area contributed by atoms with Crippen molar-refractivity contribution in [3.05, 3.63) is 17.5 Å². The summed E-state index contributed by atoms with van der Waals surface area (Å²) < 4.78 is 4.97. The van der Waals surface area contributed by atoms with Crippen LogP contribution in [0.1, 0.15) is 22.7 Å². The number of rotatable bonds is 3. The lowest BCUT2D eigenvalue weighted by atomic mass is 10.3. The number of nitrogens with zero attached hydrogens (tertiary/aromatic N) is 2. The summed E-state index contributed by atoms with van der Waals surface area (Å²) in [6, 6.07) is 1.51. The molecule has 1 aliphatic carbocycles. The molecule has 1 aliphatic heterocycles. The van der Waals surface area contributed by atoms with Gasteiger partial charge in [0, 0.05) is 19.2 Å². The zero-order valence-corrected chi connectivity index (χ0v) is 8.22. The SMILES string of the molecule is O=C(O)c1cc(CN2CC3CC3C2)on1. The molecule has 0 amide bonds. The number of hydrogen-bond donors (Lipinski definition) is 1. The first-order valence-corrected chi connectivity index (χ1v) is 5.13. The molecule has 15 heavy (non-hydrogen) atoms. The Hall–Kier alpha value is -1.36. The van der Waals surface area contributed by atoms with Crippen LogP contribution in [0.2, 0.25) is 0 Å². The molecule has 2 atom stereocenters. The first kappa shape index (κ1) is 8.91. The Kier molecular flexibility index (Phi) is 1.82. The summed E-state index contributed by atoms with van der Waals surface area (Å²) in [6.45, 7) is 2.93. The van der Waals surface area contributed by atoms with Crippen LogP contribution < -0.4 is 0 Å². The highest BCUT2D eigenvalue weighted by Gasteiger charge is 2.44. The molecule has 5 heteroatoms. The fourth-order valence-corrected chi connectivity index (χ4v) is 2.33. The smallest absolute Gasteiger partial charge is 0.358 e. The molecule has 80 valence electrons. The van der Waals surface area contributed by atoms with Crippen molar-refractivity contribution in [2.75, 3.05) is 13.1 Å². The molecule has 0 spiro atoms. The van der Waals surface area contributed by atoms with Gasteiger partial charge in [-0.05, 0) is 18.3 Å². The van der Waals surface area contributed by atoms with E-state index in [2.05, 4.69) is 10.1 Å². The number of fused-ring (bicyclic) bond motifs is 1. The fraction of sp³-hybridized carbons (Fsp3) is 0.600. The number of hydrogen-bond acceptors (Lipinski definition) is 4. The maximum atomic E-state index is 10.6. The quantitative estimate of drug-likeness (QED) is 0.796. The molecule has 2 heterocycles. The molecule has 1 aromatic rings. The lowest BCUT2D eigenvalue weighted by Gasteiger charge is -2.14. The normalized spacial score (nSPS) is 29.1. The maximum absolute atomic E-state index is 10.6. The molecule has 2 fully saturated rings. The van der Waals surface area contributed by atoms with Crippen molar-refractivity contribution in [3.63, 3.8) is 0 Å². The molecule has 2 aliphatic rings. The van der Waals surface area contributed by atoms with Gasteiger partial charge < -0.3 is 9.63 Å². The highest BCUT2D eigenvalue weighted by atomic mass is 16.5. The molecule has 3 rings (SSSR count). The molecular formula is C10H12N2O3. The summed E-state index contributed by atoms with van der Waals surface area (Å²) in [5.74, 6) is 1.38. The van der Waals surface area contributed by atoms with E-state index in [9.17, 15) is 4.79 Å². The molecule has 0 aromatic carbocycles. The number of aromatic nitrogens is 1. The Balaban J connectivity index is 1.64. The highest BCUT2D eigenvalue weighted by molar-refractivity contribution is 5.85. The largest absolute Gasteiger partial charge is 0.476 e. The predicted octanol–water partition coefficient (Wildman–Crippen LogP) is 0.825. The summed E-state index contributed by atoms with van der Waals surface area (Å²) in [4.78, 5) is 12.9. The third-order valence-electron chi connectivity index (χ3n) is 3.21. The third-order valence-corrected chi connectivity index (χ3v) is 3.21. The van der Waals surface area contributed by atoms with Gasteiger partial charge in [-0.2, -0.15) is 0 Å². The number of carbonyl (C=O) groups is 1. The van der Waals surface area contributed by atoms with Gasteiger partial charge in [-0.1, -0.05) is 5.16 Å². The second kappa shape index (κ2) is 3.06. The highest BCUT2D eigenvalue weighted by Crippen LogP contribution is 2.45. The van der Waals surface area contributed by atoms with Crippen molar-refractivity contribution >= 4 is 5.97 Å². The van der Waals surface area contributed by atoms with Gasteiger partial charge in [0.15, 0.2) is 11.5 Å². The second-order valence-electron chi connectivity index (χ2n) is 4.43. The van der Waals surface area contributed by atoms with E-state index in [1.807, 2.05) is 0 Å². The van der Waals surface area contributed by atoms with Crippen LogP contribution >= 0.6 is 0 Å². The van der Waals surface area contributed by atoms with Gasteiger partial charge in [0.1, 0.15) is 0 Å². The molecular weight excluding hydrogens is 196 g/mol. The number of piperidine rings is 1. The van der Waals surface area contributed by atoms with Gasteiger partial charge in [0.25, 0.3) is 0 Å². The van der Waals surface area contributed by atoms with Gasteiger partial charge in [-0.25, -0.2) is 4.79 Å². The van der Waals surface area contributed by atoms with Crippen molar-refractivity contribution in [1.82, 2.24) is 10.1 Å². The zero-order chi connectivity index (χ0) is 10.4. The number of aromatic carboxylic acids is 1. The number of carboxylic acids is 1. The van der Waals surface area contributed by atoms with Crippen LogP contribution in [0.15, 0.2) is 10.6 Å². The Morgan fingerprint density at radius 1 is 1.60 bits per heavy atom. The van der Waals surface area contributed by atoms with E-state index in [0.29, 0.717) is 12.3 Å². The molecule has 5 nitrogen and oxygen atoms in total. The van der Waals surface area contributed by atoms with Gasteiger partial charge in [-0.3, -0.25) is 4.90 Å². The molecule has 1 saturated heterocycles. The summed E-state index contributed by atoms with van der Waals surface area (Å²) >= 11 is 0. The zero-order valence-electron chi connectivity index (χ0n) is 8.22. The standard InChI is InChI=1S/C10H12N2O3/c13-10(14)9-2-8(15-11-9)5-12-3-6-1-7(6)4-12/h2,6-7H,1,3-5H2,(H,13,14). The van der Waals surface area contributed by atoms with Crippen LogP contribution in [0.4, 0.5) is 0 Å². The average Bonchev–Trinajstić information content (AvgIpc) is 2.66. The van der Waals surface area contributed by atoms with E-state index in [4.69, 9.17) is 9.63 Å². The minimum atomic E-state index is -1.03. The lowest BCUT2D eigenvalue weighted by Crippen LogP contribution is -2.21. The van der Waals surface area contributed by atoms with E-state index < -0.39 is 5.97 Å². The molecule has 2 unspecified atom stereocenters. The van der Waals surface area contributed by atoms with Crippen molar-refractivity contribution in [1.29, 1.82) is 0 Å². The summed E-state index contributed by atoms with van der Waals surface area (Å²) in [5, 5.41) is 12.2. The number of likely N-dealkylation sites (tertiary alicyclic amines) is 1. The van der Waals surface area contributed by atoms with Crippen molar-refractivity contribution in [2.45, 2.75) is 13.0 Å². The Morgan fingerprint density at radius 3 is 2.93 bits per heavy atom. The Morgan fingerprint density at radius 2 is 2.33 bits per heavy atom. The predicted molar refractivity (Wildman–Crippen MR) is 50.3 cm³/mol. The molecule has 1 N–H and O–H groups in total. The average molecular weight is 208 g/mol. The van der Waals surface area contributed by atoms with Crippen LogP contribution in [-0.2, 0) is 6.54 Å². The van der Waals surface area contributed by atoms with Crippen molar-refractivity contribution in [2.24, 2.45) is 11.8 Å². The van der Waals surface area contributed by atoms with Crippen molar-refractivity contribution < 1.29 is 14.4 Å². The fourth-order valence-electron chi connectivity index (χ4n) is 2.33. The minimum absolute atomic E-state index is 0.00523. The molecule has 0 bridgehead atoms. The summed E-state index contributed by atoms with van der Waals surface area (Å²) in [6.07, 6.45) is 1.37.